The zero-order chi connectivity index (χ0) is 17.8. The van der Waals surface area contributed by atoms with E-state index in [4.69, 9.17) is 11.5 Å². The second-order valence-electron chi connectivity index (χ2n) is 5.46. The third-order valence-electron chi connectivity index (χ3n) is 3.57. The Kier molecular flexibility index (Phi) is 5.78. The van der Waals surface area contributed by atoms with Gasteiger partial charge in [0.15, 0.2) is 0 Å². The number of nitrogens with two attached hydrogens (primary N) is 2. The van der Waals surface area contributed by atoms with Crippen molar-refractivity contribution < 1.29 is 0 Å². The van der Waals surface area contributed by atoms with Gasteiger partial charge in [0.2, 0.25) is 0 Å². The molecule has 0 saturated heterocycles. The van der Waals surface area contributed by atoms with Crippen LogP contribution in [-0.4, -0.2) is 0 Å². The van der Waals surface area contributed by atoms with E-state index in [1.54, 1.807) is 11.3 Å². The molecule has 2 nitrogen and oxygen atoms in total. The Bertz CT molecular complexity index is 848. The molecule has 1 heterocycles. The van der Waals surface area contributed by atoms with Crippen LogP contribution in [0.3, 0.4) is 0 Å². The average Bonchev–Trinajstić information content (AvgIpc) is 2.89. The van der Waals surface area contributed by atoms with Gasteiger partial charge < -0.3 is 11.5 Å². The smallest absolute Gasteiger partial charge is 0.0504 e. The molecule has 0 fully saturated rings. The highest BCUT2D eigenvalue weighted by Crippen LogP contribution is 2.39. The van der Waals surface area contributed by atoms with Crippen molar-refractivity contribution in [2.45, 2.75) is 0 Å². The monoisotopic (exact) mass is 474 g/mol. The lowest BCUT2D eigenvalue weighted by atomic mass is 10.2. The first-order valence-electron chi connectivity index (χ1n) is 7.58. The van der Waals surface area contributed by atoms with Crippen LogP contribution in [0.1, 0.15) is 20.9 Å². The fourth-order valence-corrected chi connectivity index (χ4v) is 4.53. The van der Waals surface area contributed by atoms with Gasteiger partial charge in [-0.1, -0.05) is 36.4 Å². The molecule has 0 radical (unpaired) electrons. The summed E-state index contributed by atoms with van der Waals surface area (Å²) in [6.45, 7) is 0. The summed E-state index contributed by atoms with van der Waals surface area (Å²) < 4.78 is 2.11. The van der Waals surface area contributed by atoms with E-state index in [9.17, 15) is 0 Å². The topological polar surface area (TPSA) is 52.0 Å². The highest BCUT2D eigenvalue weighted by molar-refractivity contribution is 9.13. The van der Waals surface area contributed by atoms with Crippen LogP contribution < -0.4 is 11.5 Å². The minimum atomic E-state index is 0.771. The molecule has 25 heavy (non-hydrogen) atoms. The lowest BCUT2D eigenvalue weighted by Gasteiger charge is -1.94. The predicted molar refractivity (Wildman–Crippen MR) is 119 cm³/mol. The molecule has 3 aromatic rings. The summed E-state index contributed by atoms with van der Waals surface area (Å²) in [5.41, 5.74) is 15.2. The van der Waals surface area contributed by atoms with Crippen LogP contribution in [0.2, 0.25) is 0 Å². The summed E-state index contributed by atoms with van der Waals surface area (Å²) in [7, 11) is 0. The van der Waals surface area contributed by atoms with Gasteiger partial charge in [-0.2, -0.15) is 0 Å². The maximum absolute atomic E-state index is 5.72. The number of benzene rings is 2. The molecule has 0 aliphatic heterocycles. The minimum Gasteiger partial charge on any atom is -0.399 e. The van der Waals surface area contributed by atoms with E-state index in [2.05, 4.69) is 56.2 Å². The van der Waals surface area contributed by atoms with E-state index in [-0.39, 0.29) is 0 Å². The maximum Gasteiger partial charge on any atom is 0.0504 e. The van der Waals surface area contributed by atoms with Crippen molar-refractivity contribution >= 4 is 78.9 Å². The van der Waals surface area contributed by atoms with E-state index >= 15 is 0 Å². The molecular formula is C20H16Br2N2S. The Hall–Kier alpha value is -1.82. The molecule has 0 unspecified atom stereocenters. The van der Waals surface area contributed by atoms with Gasteiger partial charge in [0.1, 0.15) is 0 Å². The van der Waals surface area contributed by atoms with Crippen LogP contribution in [0.25, 0.3) is 24.3 Å². The van der Waals surface area contributed by atoms with Gasteiger partial charge in [0.05, 0.1) is 8.95 Å². The molecule has 0 spiro atoms. The molecule has 0 bridgehead atoms. The predicted octanol–water partition coefficient (Wildman–Crippen LogP) is 6.78. The second kappa shape index (κ2) is 8.04. The van der Waals surface area contributed by atoms with E-state index in [0.717, 1.165) is 41.2 Å². The molecule has 2 aromatic carbocycles. The Morgan fingerprint density at radius 1 is 0.600 bits per heavy atom. The van der Waals surface area contributed by atoms with Gasteiger partial charge in [-0.15, -0.1) is 11.3 Å². The summed E-state index contributed by atoms with van der Waals surface area (Å²) in [4.78, 5) is 2.31. The number of hydrogen-bond acceptors (Lipinski definition) is 3. The lowest BCUT2D eigenvalue weighted by molar-refractivity contribution is 1.64. The van der Waals surface area contributed by atoms with Gasteiger partial charge >= 0.3 is 0 Å². The molecule has 1 aromatic heterocycles. The van der Waals surface area contributed by atoms with Crippen LogP contribution in [0.15, 0.2) is 57.5 Å². The molecule has 4 N–H and O–H groups in total. The number of anilines is 2. The van der Waals surface area contributed by atoms with Gasteiger partial charge in [-0.3, -0.25) is 0 Å². The maximum atomic E-state index is 5.72. The van der Waals surface area contributed by atoms with Gasteiger partial charge in [-0.05, 0) is 79.4 Å². The van der Waals surface area contributed by atoms with Crippen molar-refractivity contribution in [3.05, 3.63) is 78.4 Å². The minimum absolute atomic E-state index is 0.771. The van der Waals surface area contributed by atoms with Crippen molar-refractivity contribution in [3.8, 4) is 0 Å². The summed E-state index contributed by atoms with van der Waals surface area (Å²) in [6.07, 6.45) is 8.36. The first-order chi connectivity index (χ1) is 12.0. The molecular weight excluding hydrogens is 460 g/mol. The van der Waals surface area contributed by atoms with Gasteiger partial charge in [0, 0.05) is 21.1 Å². The van der Waals surface area contributed by atoms with Crippen molar-refractivity contribution in [2.24, 2.45) is 0 Å². The molecule has 0 aliphatic rings. The molecule has 0 atom stereocenters. The Morgan fingerprint density at radius 3 is 1.32 bits per heavy atom. The highest BCUT2D eigenvalue weighted by Gasteiger charge is 2.10. The van der Waals surface area contributed by atoms with Crippen LogP contribution >= 0.6 is 43.2 Å². The number of halogens is 2. The van der Waals surface area contributed by atoms with E-state index in [1.165, 1.54) is 0 Å². The fraction of sp³-hybridized carbons (Fsp3) is 0. The van der Waals surface area contributed by atoms with Crippen molar-refractivity contribution in [1.29, 1.82) is 0 Å². The first-order valence-corrected chi connectivity index (χ1v) is 9.98. The fourth-order valence-electron chi connectivity index (χ4n) is 2.20. The SMILES string of the molecule is Nc1ccc(C=Cc2sc(C=Cc3ccc(N)cc3)c(Br)c2Br)cc1. The Balaban J connectivity index is 1.82. The number of thiophene rings is 1. The Labute approximate surface area is 168 Å². The van der Waals surface area contributed by atoms with Crippen LogP contribution in [0, 0.1) is 0 Å². The normalized spacial score (nSPS) is 11.6. The van der Waals surface area contributed by atoms with Crippen LogP contribution in [0.4, 0.5) is 11.4 Å². The largest absolute Gasteiger partial charge is 0.399 e. The average molecular weight is 476 g/mol. The summed E-state index contributed by atoms with van der Waals surface area (Å²) in [5, 5.41) is 0. The van der Waals surface area contributed by atoms with Gasteiger partial charge in [-0.25, -0.2) is 0 Å². The molecule has 0 aliphatic carbocycles. The first kappa shape index (κ1) is 18.0. The number of hydrogen-bond donors (Lipinski definition) is 2. The van der Waals surface area contributed by atoms with E-state index in [0.29, 0.717) is 0 Å². The quantitative estimate of drug-likeness (QED) is 0.408. The van der Waals surface area contributed by atoms with Gasteiger partial charge in [0.25, 0.3) is 0 Å². The molecule has 5 heteroatoms. The molecule has 0 saturated carbocycles. The zero-order valence-electron chi connectivity index (χ0n) is 13.2. The molecule has 0 amide bonds. The zero-order valence-corrected chi connectivity index (χ0v) is 17.2. The molecule has 126 valence electrons. The number of rotatable bonds is 4. The standard InChI is InChI=1S/C20H16Br2N2S/c21-19-17(11-5-13-1-7-15(23)8-2-13)25-18(20(19)22)12-6-14-3-9-16(24)10-4-14/h1-12H,23-24H2. The third kappa shape index (κ3) is 4.63. The van der Waals surface area contributed by atoms with Crippen molar-refractivity contribution in [2.75, 3.05) is 11.5 Å². The summed E-state index contributed by atoms with van der Waals surface area (Å²) >= 11 is 9.04. The van der Waals surface area contributed by atoms with Crippen molar-refractivity contribution in [3.63, 3.8) is 0 Å². The van der Waals surface area contributed by atoms with E-state index < -0.39 is 0 Å². The van der Waals surface area contributed by atoms with Crippen LogP contribution in [0.5, 0.6) is 0 Å². The van der Waals surface area contributed by atoms with Crippen LogP contribution in [-0.2, 0) is 0 Å². The number of nitrogen functional groups attached to an aromatic ring is 2. The lowest BCUT2D eigenvalue weighted by Crippen LogP contribution is -1.82. The molecule has 3 rings (SSSR count). The highest BCUT2D eigenvalue weighted by atomic mass is 79.9. The second-order valence-corrected chi connectivity index (χ2v) is 8.13. The third-order valence-corrected chi connectivity index (χ3v) is 7.40. The van der Waals surface area contributed by atoms with E-state index in [1.807, 2.05) is 48.5 Å². The summed E-state index contributed by atoms with van der Waals surface area (Å²) in [6, 6.07) is 15.6. The summed E-state index contributed by atoms with van der Waals surface area (Å²) in [5.74, 6) is 0. The Morgan fingerprint density at radius 2 is 0.960 bits per heavy atom. The van der Waals surface area contributed by atoms with Crippen molar-refractivity contribution in [1.82, 2.24) is 0 Å².